The lowest BCUT2D eigenvalue weighted by molar-refractivity contribution is 0.0930. The van der Waals surface area contributed by atoms with Gasteiger partial charge in [0, 0.05) is 29.4 Å². The minimum Gasteiger partial charge on any atom is -0.493 e. The van der Waals surface area contributed by atoms with Gasteiger partial charge < -0.3 is 18.9 Å². The molecular formula is C28H34O6. The summed E-state index contributed by atoms with van der Waals surface area (Å²) in [4.78, 5) is 26.1. The van der Waals surface area contributed by atoms with Gasteiger partial charge in [0.25, 0.3) is 0 Å². The van der Waals surface area contributed by atoms with Crippen LogP contribution in [-0.2, 0) is 5.41 Å². The van der Waals surface area contributed by atoms with E-state index in [1.807, 2.05) is 52.8 Å². The predicted molar refractivity (Wildman–Crippen MR) is 130 cm³/mol. The van der Waals surface area contributed by atoms with Crippen LogP contribution in [0.3, 0.4) is 0 Å². The standard InChI is InChI=1S/C28H34O6/c1-7-32-25-12-18-20(14-24(25)31-6)28(10-8-22(18)29)11-9-23(30)19-13-26(33-16(2)3)27(15-21(19)28)34-17(4)5/h12-17H,7-11H2,1-6H3. The smallest absolute Gasteiger partial charge is 0.163 e. The summed E-state index contributed by atoms with van der Waals surface area (Å²) >= 11 is 0. The van der Waals surface area contributed by atoms with E-state index in [1.54, 1.807) is 13.2 Å². The second kappa shape index (κ2) is 9.32. The Morgan fingerprint density at radius 2 is 1.24 bits per heavy atom. The van der Waals surface area contributed by atoms with E-state index >= 15 is 0 Å². The second-order valence-electron chi connectivity index (χ2n) is 9.59. The Morgan fingerprint density at radius 1 is 0.765 bits per heavy atom. The third-order valence-corrected chi connectivity index (χ3v) is 6.60. The van der Waals surface area contributed by atoms with Crippen molar-refractivity contribution in [2.24, 2.45) is 0 Å². The van der Waals surface area contributed by atoms with Crippen molar-refractivity contribution in [1.29, 1.82) is 0 Å². The van der Waals surface area contributed by atoms with Crippen LogP contribution in [0.15, 0.2) is 24.3 Å². The lowest BCUT2D eigenvalue weighted by atomic mass is 9.59. The first-order valence-corrected chi connectivity index (χ1v) is 12.1. The number of fused-ring (bicyclic) bond motifs is 4. The van der Waals surface area contributed by atoms with Gasteiger partial charge in [-0.25, -0.2) is 0 Å². The van der Waals surface area contributed by atoms with Crippen LogP contribution >= 0.6 is 0 Å². The summed E-state index contributed by atoms with van der Waals surface area (Å²) in [7, 11) is 1.60. The molecule has 34 heavy (non-hydrogen) atoms. The Hall–Kier alpha value is -3.02. The van der Waals surface area contributed by atoms with Gasteiger partial charge in [0.05, 0.1) is 25.9 Å². The molecule has 4 rings (SSSR count). The fraction of sp³-hybridized carbons (Fsp3) is 0.500. The largest absolute Gasteiger partial charge is 0.493 e. The van der Waals surface area contributed by atoms with Crippen LogP contribution in [0.2, 0.25) is 0 Å². The summed E-state index contributed by atoms with van der Waals surface area (Å²) in [6, 6.07) is 7.53. The Bertz CT molecular complexity index is 1110. The number of carbonyl (C=O) groups excluding carboxylic acids is 2. The average Bonchev–Trinajstić information content (AvgIpc) is 2.78. The highest BCUT2D eigenvalue weighted by atomic mass is 16.5. The molecule has 2 aromatic rings. The van der Waals surface area contributed by atoms with E-state index in [-0.39, 0.29) is 23.8 Å². The maximum absolute atomic E-state index is 13.1. The average molecular weight is 467 g/mol. The lowest BCUT2D eigenvalue weighted by Crippen LogP contribution is -2.39. The zero-order chi connectivity index (χ0) is 24.6. The zero-order valence-electron chi connectivity index (χ0n) is 20.9. The van der Waals surface area contributed by atoms with Crippen LogP contribution in [0, 0.1) is 0 Å². The summed E-state index contributed by atoms with van der Waals surface area (Å²) in [5.41, 5.74) is 2.59. The van der Waals surface area contributed by atoms with Crippen LogP contribution in [0.5, 0.6) is 23.0 Å². The summed E-state index contributed by atoms with van der Waals surface area (Å²) in [5, 5.41) is 0. The first-order valence-electron chi connectivity index (χ1n) is 12.1. The zero-order valence-corrected chi connectivity index (χ0v) is 20.9. The van der Waals surface area contributed by atoms with E-state index in [0.717, 1.165) is 11.1 Å². The monoisotopic (exact) mass is 466 g/mol. The third-order valence-electron chi connectivity index (χ3n) is 6.60. The predicted octanol–water partition coefficient (Wildman–Crippen LogP) is 5.91. The van der Waals surface area contributed by atoms with Crippen molar-refractivity contribution in [1.82, 2.24) is 0 Å². The fourth-order valence-electron chi connectivity index (χ4n) is 5.22. The SMILES string of the molecule is CCOc1cc2c(cc1OC)C1(CCC2=O)CCC(=O)c2cc(OC(C)C)c(OC(C)C)cc21. The summed E-state index contributed by atoms with van der Waals surface area (Å²) < 4.78 is 23.6. The van der Waals surface area contributed by atoms with E-state index in [2.05, 4.69) is 0 Å². The van der Waals surface area contributed by atoms with Gasteiger partial charge in [0.15, 0.2) is 34.6 Å². The topological polar surface area (TPSA) is 71.1 Å². The van der Waals surface area contributed by atoms with E-state index < -0.39 is 5.41 Å². The molecule has 2 aliphatic carbocycles. The molecule has 0 radical (unpaired) electrons. The van der Waals surface area contributed by atoms with Gasteiger partial charge in [-0.05, 0) is 82.9 Å². The van der Waals surface area contributed by atoms with Crippen LogP contribution in [0.1, 0.15) is 92.1 Å². The molecule has 1 atom stereocenters. The van der Waals surface area contributed by atoms with Crippen LogP contribution < -0.4 is 18.9 Å². The van der Waals surface area contributed by atoms with Crippen molar-refractivity contribution < 1.29 is 28.5 Å². The van der Waals surface area contributed by atoms with Gasteiger partial charge in [0.2, 0.25) is 0 Å². The molecular weight excluding hydrogens is 432 g/mol. The number of ether oxygens (including phenoxy) is 4. The highest BCUT2D eigenvalue weighted by Crippen LogP contribution is 2.53. The summed E-state index contributed by atoms with van der Waals surface area (Å²) in [5.74, 6) is 2.51. The number of hydrogen-bond acceptors (Lipinski definition) is 6. The highest BCUT2D eigenvalue weighted by molar-refractivity contribution is 6.03. The molecule has 0 heterocycles. The van der Waals surface area contributed by atoms with Crippen molar-refractivity contribution >= 4 is 11.6 Å². The summed E-state index contributed by atoms with van der Waals surface area (Å²) in [6.07, 6.45) is 1.94. The Balaban J connectivity index is 1.97. The van der Waals surface area contributed by atoms with Crippen molar-refractivity contribution in [3.8, 4) is 23.0 Å². The Morgan fingerprint density at radius 3 is 1.71 bits per heavy atom. The van der Waals surface area contributed by atoms with Crippen LogP contribution in [-0.4, -0.2) is 37.5 Å². The molecule has 0 aromatic heterocycles. The van der Waals surface area contributed by atoms with E-state index in [4.69, 9.17) is 18.9 Å². The van der Waals surface area contributed by atoms with E-state index in [0.29, 0.717) is 66.4 Å². The van der Waals surface area contributed by atoms with Gasteiger partial charge in [-0.2, -0.15) is 0 Å². The molecule has 6 nitrogen and oxygen atoms in total. The number of methoxy groups -OCH3 is 1. The minimum absolute atomic E-state index is 0.0585. The number of hydrogen-bond donors (Lipinski definition) is 0. The molecule has 0 saturated heterocycles. The van der Waals surface area contributed by atoms with Crippen LogP contribution in [0.25, 0.3) is 0 Å². The number of Topliss-reactive ketones (excluding diaryl/α,β-unsaturated/α-hetero) is 2. The summed E-state index contributed by atoms with van der Waals surface area (Å²) in [6.45, 7) is 10.2. The maximum atomic E-state index is 13.1. The lowest BCUT2D eigenvalue weighted by Gasteiger charge is -2.43. The van der Waals surface area contributed by atoms with Gasteiger partial charge in [-0.15, -0.1) is 0 Å². The van der Waals surface area contributed by atoms with Crippen molar-refractivity contribution in [2.45, 2.75) is 77.9 Å². The second-order valence-corrected chi connectivity index (χ2v) is 9.59. The number of rotatable bonds is 7. The number of ketones is 2. The Labute approximate surface area is 201 Å². The normalized spacial score (nSPS) is 19.3. The molecule has 2 aliphatic rings. The van der Waals surface area contributed by atoms with Gasteiger partial charge >= 0.3 is 0 Å². The number of carbonyl (C=O) groups is 2. The quantitative estimate of drug-likeness (QED) is 0.505. The van der Waals surface area contributed by atoms with Gasteiger partial charge in [-0.3, -0.25) is 9.59 Å². The van der Waals surface area contributed by atoms with Gasteiger partial charge in [-0.1, -0.05) is 0 Å². The van der Waals surface area contributed by atoms with E-state index in [9.17, 15) is 9.59 Å². The molecule has 0 saturated carbocycles. The first kappa shape index (κ1) is 24.1. The molecule has 1 unspecified atom stereocenters. The maximum Gasteiger partial charge on any atom is 0.163 e. The molecule has 182 valence electrons. The molecule has 0 amide bonds. The highest BCUT2D eigenvalue weighted by Gasteiger charge is 2.46. The molecule has 2 aromatic carbocycles. The minimum atomic E-state index is -0.490. The molecule has 0 N–H and O–H groups in total. The van der Waals surface area contributed by atoms with Gasteiger partial charge in [0.1, 0.15) is 0 Å². The van der Waals surface area contributed by atoms with Crippen molar-refractivity contribution in [3.63, 3.8) is 0 Å². The van der Waals surface area contributed by atoms with E-state index in [1.165, 1.54) is 0 Å². The van der Waals surface area contributed by atoms with Crippen molar-refractivity contribution in [3.05, 3.63) is 46.5 Å². The number of benzene rings is 2. The molecule has 1 spiro atoms. The fourth-order valence-corrected chi connectivity index (χ4v) is 5.22. The molecule has 0 aliphatic heterocycles. The first-order chi connectivity index (χ1) is 16.2. The molecule has 6 heteroatoms. The van der Waals surface area contributed by atoms with Crippen molar-refractivity contribution in [2.75, 3.05) is 13.7 Å². The van der Waals surface area contributed by atoms with Crippen LogP contribution in [0.4, 0.5) is 0 Å². The molecule has 0 fully saturated rings. The molecule has 0 bridgehead atoms. The third kappa shape index (κ3) is 4.15. The Kier molecular flexibility index (Phi) is 6.61.